The van der Waals surface area contributed by atoms with Crippen molar-refractivity contribution >= 4 is 5.69 Å². The molecule has 0 bridgehead atoms. The van der Waals surface area contributed by atoms with Crippen LogP contribution in [0.1, 0.15) is 24.0 Å². The monoisotopic (exact) mass is 247 g/mol. The van der Waals surface area contributed by atoms with Gasteiger partial charge in [0.1, 0.15) is 0 Å². The highest BCUT2D eigenvalue weighted by molar-refractivity contribution is 5.49. The summed E-state index contributed by atoms with van der Waals surface area (Å²) in [5, 5.41) is 0. The maximum absolute atomic E-state index is 5.96. The Morgan fingerprint density at radius 3 is 2.56 bits per heavy atom. The molecule has 0 saturated carbocycles. The Bertz CT molecular complexity index is 393. The van der Waals surface area contributed by atoms with Gasteiger partial charge in [0, 0.05) is 18.3 Å². The van der Waals surface area contributed by atoms with Crippen LogP contribution in [0.4, 0.5) is 5.69 Å². The number of nitrogen functional groups attached to an aromatic ring is 1. The summed E-state index contributed by atoms with van der Waals surface area (Å²) in [7, 11) is 4.37. The Morgan fingerprint density at radius 1 is 1.28 bits per heavy atom. The molecule has 18 heavy (non-hydrogen) atoms. The largest absolute Gasteiger partial charge is 0.399 e. The molecule has 1 aliphatic rings. The Labute approximate surface area is 111 Å². The number of rotatable bonds is 3. The van der Waals surface area contributed by atoms with Crippen molar-refractivity contribution in [2.75, 3.05) is 32.9 Å². The third-order valence-electron chi connectivity index (χ3n) is 4.17. The average Bonchev–Trinajstić information content (AvgIpc) is 2.36. The van der Waals surface area contributed by atoms with E-state index < -0.39 is 0 Å². The van der Waals surface area contributed by atoms with Gasteiger partial charge in [0.15, 0.2) is 0 Å². The zero-order chi connectivity index (χ0) is 13.1. The van der Waals surface area contributed by atoms with Gasteiger partial charge in [-0.2, -0.15) is 0 Å². The highest BCUT2D eigenvalue weighted by Gasteiger charge is 2.20. The average molecular weight is 247 g/mol. The molecule has 1 fully saturated rings. The van der Waals surface area contributed by atoms with Crippen LogP contribution in [0.25, 0.3) is 0 Å². The van der Waals surface area contributed by atoms with Crippen molar-refractivity contribution in [3.05, 3.63) is 29.3 Å². The van der Waals surface area contributed by atoms with Crippen LogP contribution in [0, 0.1) is 6.92 Å². The van der Waals surface area contributed by atoms with E-state index in [1.54, 1.807) is 0 Å². The smallest absolute Gasteiger partial charge is 0.0346 e. The first-order valence-electron chi connectivity index (χ1n) is 6.80. The molecule has 2 N–H and O–H groups in total. The molecule has 0 unspecified atom stereocenters. The molecule has 1 aliphatic heterocycles. The van der Waals surface area contributed by atoms with Crippen molar-refractivity contribution in [2.24, 2.45) is 0 Å². The van der Waals surface area contributed by atoms with Gasteiger partial charge in [-0.15, -0.1) is 0 Å². The number of hydrogen-bond acceptors (Lipinski definition) is 3. The van der Waals surface area contributed by atoms with Crippen molar-refractivity contribution in [1.82, 2.24) is 9.80 Å². The standard InChI is InChI=1S/C15H25N3/c1-12-13(5-4-6-15(12)16)11-18-9-7-14(8-10-18)17(2)3/h4-6,14H,7-11,16H2,1-3H3. The molecule has 1 aromatic rings. The van der Waals surface area contributed by atoms with Crippen molar-refractivity contribution in [3.63, 3.8) is 0 Å². The lowest BCUT2D eigenvalue weighted by Gasteiger charge is -2.35. The summed E-state index contributed by atoms with van der Waals surface area (Å²) in [6, 6.07) is 6.99. The molecule has 0 amide bonds. The quantitative estimate of drug-likeness (QED) is 0.830. The lowest BCUT2D eigenvalue weighted by Crippen LogP contribution is -2.41. The van der Waals surface area contributed by atoms with Crippen molar-refractivity contribution in [3.8, 4) is 0 Å². The van der Waals surface area contributed by atoms with Crippen molar-refractivity contribution in [2.45, 2.75) is 32.4 Å². The SMILES string of the molecule is Cc1c(N)cccc1CN1CCC(N(C)C)CC1. The second-order valence-corrected chi connectivity index (χ2v) is 5.60. The molecular formula is C15H25N3. The topological polar surface area (TPSA) is 32.5 Å². The summed E-state index contributed by atoms with van der Waals surface area (Å²) in [5.41, 5.74) is 9.49. The molecule has 1 saturated heterocycles. The molecule has 0 radical (unpaired) electrons. The van der Waals surface area contributed by atoms with Gasteiger partial charge in [-0.05, 0) is 64.1 Å². The number of nitrogens with two attached hydrogens (primary N) is 1. The van der Waals surface area contributed by atoms with E-state index in [2.05, 4.69) is 43.0 Å². The van der Waals surface area contributed by atoms with Gasteiger partial charge < -0.3 is 10.6 Å². The highest BCUT2D eigenvalue weighted by atomic mass is 15.2. The van der Waals surface area contributed by atoms with E-state index in [0.29, 0.717) is 0 Å². The van der Waals surface area contributed by atoms with E-state index in [4.69, 9.17) is 5.73 Å². The van der Waals surface area contributed by atoms with E-state index in [1.165, 1.54) is 37.1 Å². The molecular weight excluding hydrogens is 222 g/mol. The lowest BCUT2D eigenvalue weighted by molar-refractivity contribution is 0.140. The first-order valence-corrected chi connectivity index (χ1v) is 6.80. The first kappa shape index (κ1) is 13.4. The third kappa shape index (κ3) is 3.03. The Morgan fingerprint density at radius 2 is 1.94 bits per heavy atom. The van der Waals surface area contributed by atoms with Gasteiger partial charge in [0.05, 0.1) is 0 Å². The summed E-state index contributed by atoms with van der Waals surface area (Å²) < 4.78 is 0. The highest BCUT2D eigenvalue weighted by Crippen LogP contribution is 2.20. The number of benzene rings is 1. The molecule has 0 aliphatic carbocycles. The minimum Gasteiger partial charge on any atom is -0.399 e. The van der Waals surface area contributed by atoms with Crippen LogP contribution in [0.15, 0.2) is 18.2 Å². The van der Waals surface area contributed by atoms with Gasteiger partial charge in [0.25, 0.3) is 0 Å². The van der Waals surface area contributed by atoms with Gasteiger partial charge in [-0.3, -0.25) is 4.90 Å². The number of likely N-dealkylation sites (tertiary alicyclic amines) is 1. The summed E-state index contributed by atoms with van der Waals surface area (Å²) in [6.07, 6.45) is 2.54. The number of nitrogens with zero attached hydrogens (tertiary/aromatic N) is 2. The molecule has 1 heterocycles. The van der Waals surface area contributed by atoms with Crippen LogP contribution in [-0.2, 0) is 6.54 Å². The third-order valence-corrected chi connectivity index (χ3v) is 4.17. The fourth-order valence-corrected chi connectivity index (χ4v) is 2.71. The number of hydrogen-bond donors (Lipinski definition) is 1. The molecule has 0 atom stereocenters. The molecule has 0 spiro atoms. The Hall–Kier alpha value is -1.06. The first-order chi connectivity index (χ1) is 8.58. The van der Waals surface area contributed by atoms with Crippen LogP contribution in [0.5, 0.6) is 0 Å². The molecule has 3 heteroatoms. The normalized spacial score (nSPS) is 18.4. The molecule has 0 aromatic heterocycles. The van der Waals surface area contributed by atoms with E-state index >= 15 is 0 Å². The second-order valence-electron chi connectivity index (χ2n) is 5.60. The zero-order valence-corrected chi connectivity index (χ0v) is 11.8. The van der Waals surface area contributed by atoms with Gasteiger partial charge in [0.2, 0.25) is 0 Å². The maximum atomic E-state index is 5.96. The van der Waals surface area contributed by atoms with Crippen molar-refractivity contribution < 1.29 is 0 Å². The van der Waals surface area contributed by atoms with E-state index in [1.807, 2.05) is 6.07 Å². The van der Waals surface area contributed by atoms with Crippen molar-refractivity contribution in [1.29, 1.82) is 0 Å². The van der Waals surface area contributed by atoms with E-state index in [-0.39, 0.29) is 0 Å². The van der Waals surface area contributed by atoms with Crippen LogP contribution in [-0.4, -0.2) is 43.0 Å². The maximum Gasteiger partial charge on any atom is 0.0346 e. The van der Waals surface area contributed by atoms with Crippen LogP contribution >= 0.6 is 0 Å². The Balaban J connectivity index is 1.94. The minimum absolute atomic E-state index is 0.753. The van der Waals surface area contributed by atoms with E-state index in [0.717, 1.165) is 18.3 Å². The van der Waals surface area contributed by atoms with E-state index in [9.17, 15) is 0 Å². The zero-order valence-electron chi connectivity index (χ0n) is 11.8. The molecule has 3 nitrogen and oxygen atoms in total. The molecule has 2 rings (SSSR count). The fourth-order valence-electron chi connectivity index (χ4n) is 2.71. The van der Waals surface area contributed by atoms with Crippen LogP contribution in [0.3, 0.4) is 0 Å². The summed E-state index contributed by atoms with van der Waals surface area (Å²) in [6.45, 7) is 5.54. The van der Waals surface area contributed by atoms with Crippen LogP contribution in [0.2, 0.25) is 0 Å². The molecule has 100 valence electrons. The summed E-state index contributed by atoms with van der Waals surface area (Å²) in [4.78, 5) is 4.89. The van der Waals surface area contributed by atoms with Gasteiger partial charge in [-0.25, -0.2) is 0 Å². The fraction of sp³-hybridized carbons (Fsp3) is 0.600. The Kier molecular flexibility index (Phi) is 4.25. The molecule has 1 aromatic carbocycles. The van der Waals surface area contributed by atoms with Gasteiger partial charge in [-0.1, -0.05) is 12.1 Å². The van der Waals surface area contributed by atoms with Crippen LogP contribution < -0.4 is 5.73 Å². The summed E-state index contributed by atoms with van der Waals surface area (Å²) >= 11 is 0. The predicted octanol–water partition coefficient (Wildman–Crippen LogP) is 2.10. The summed E-state index contributed by atoms with van der Waals surface area (Å²) in [5.74, 6) is 0. The van der Waals surface area contributed by atoms with Gasteiger partial charge >= 0.3 is 0 Å². The number of anilines is 1. The number of piperidine rings is 1. The lowest BCUT2D eigenvalue weighted by atomic mass is 10.0. The predicted molar refractivity (Wildman–Crippen MR) is 77.6 cm³/mol. The second kappa shape index (κ2) is 5.72. The minimum atomic E-state index is 0.753.